The molecule has 10 heteroatoms. The lowest BCUT2D eigenvalue weighted by atomic mass is 10.0. The number of phosphoric ester groups is 1. The van der Waals surface area contributed by atoms with Crippen LogP contribution < -0.4 is 4.89 Å². The molecule has 0 rings (SSSR count). The van der Waals surface area contributed by atoms with Gasteiger partial charge in [0, 0.05) is 12.8 Å². The Morgan fingerprint density at radius 1 is 0.525 bits per heavy atom. The summed E-state index contributed by atoms with van der Waals surface area (Å²) in [4.78, 5) is 37.6. The number of hydrogen-bond donors (Lipinski definition) is 0. The smallest absolute Gasteiger partial charge is 0.306 e. The molecule has 0 radical (unpaired) electrons. The molecule has 348 valence electrons. The van der Waals surface area contributed by atoms with Gasteiger partial charge >= 0.3 is 11.9 Å². The maximum Gasteiger partial charge on any atom is 0.306 e. The number of ether oxygens (including phenoxy) is 2. The van der Waals surface area contributed by atoms with Crippen molar-refractivity contribution in [3.8, 4) is 0 Å². The summed E-state index contributed by atoms with van der Waals surface area (Å²) >= 11 is 0. The van der Waals surface area contributed by atoms with E-state index in [0.717, 1.165) is 38.5 Å². The van der Waals surface area contributed by atoms with E-state index in [9.17, 15) is 19.0 Å². The van der Waals surface area contributed by atoms with E-state index in [4.69, 9.17) is 18.5 Å². The largest absolute Gasteiger partial charge is 0.756 e. The second-order valence-electron chi connectivity index (χ2n) is 17.8. The fraction of sp³-hybridized carbons (Fsp3) is 0.878. The number of esters is 2. The summed E-state index contributed by atoms with van der Waals surface area (Å²) in [6, 6.07) is 0. The molecule has 0 bridgehead atoms. The Morgan fingerprint density at radius 2 is 0.915 bits per heavy atom. The molecule has 0 amide bonds. The third kappa shape index (κ3) is 45.8. The summed E-state index contributed by atoms with van der Waals surface area (Å²) < 4.78 is 34.0. The van der Waals surface area contributed by atoms with Crippen molar-refractivity contribution >= 4 is 19.8 Å². The van der Waals surface area contributed by atoms with Gasteiger partial charge in [-0.25, -0.2) is 0 Å². The Morgan fingerprint density at radius 3 is 1.37 bits per heavy atom. The Kier molecular flexibility index (Phi) is 40.8. The maximum atomic E-state index is 12.7. The van der Waals surface area contributed by atoms with Gasteiger partial charge in [-0.1, -0.05) is 192 Å². The molecule has 0 N–H and O–H groups in total. The van der Waals surface area contributed by atoms with E-state index in [0.29, 0.717) is 17.4 Å². The standard InChI is InChI=1S/C49H94NO8P/c1-6-8-10-12-14-16-18-20-22-24-25-26-28-29-31-33-35-37-39-41-48(51)55-45-47(46-57-59(53,54)56-44-43-50(3,4)5)58-49(52)42-40-38-36-34-32-30-27-23-21-19-17-15-13-11-9-7-2/h14,16,20,22,47H,6-13,15,17-19,21,23-46H2,1-5H3/b16-14+,22-20+/t47-/m1/s1. The van der Waals surface area contributed by atoms with Crippen LogP contribution >= 0.6 is 7.82 Å². The first-order valence-corrected chi connectivity index (χ1v) is 26.0. The molecule has 0 aliphatic carbocycles. The molecule has 0 saturated heterocycles. The van der Waals surface area contributed by atoms with Gasteiger partial charge in [0.1, 0.15) is 19.8 Å². The van der Waals surface area contributed by atoms with Gasteiger partial charge in [0.05, 0.1) is 27.7 Å². The topological polar surface area (TPSA) is 111 Å². The van der Waals surface area contributed by atoms with Gasteiger partial charge in [0.15, 0.2) is 6.10 Å². The minimum atomic E-state index is -4.62. The molecule has 2 atom stereocenters. The van der Waals surface area contributed by atoms with Crippen LogP contribution in [0.3, 0.4) is 0 Å². The quantitative estimate of drug-likeness (QED) is 0.0196. The van der Waals surface area contributed by atoms with Gasteiger partial charge in [-0.05, 0) is 44.9 Å². The van der Waals surface area contributed by atoms with E-state index in [-0.39, 0.29) is 32.0 Å². The molecule has 0 aromatic rings. The van der Waals surface area contributed by atoms with Gasteiger partial charge < -0.3 is 27.9 Å². The number of quaternary nitrogens is 1. The minimum Gasteiger partial charge on any atom is -0.756 e. The van der Waals surface area contributed by atoms with Crippen molar-refractivity contribution in [1.29, 1.82) is 0 Å². The highest BCUT2D eigenvalue weighted by Gasteiger charge is 2.21. The Hall–Kier alpha value is -1.51. The highest BCUT2D eigenvalue weighted by atomic mass is 31.2. The number of hydrogen-bond acceptors (Lipinski definition) is 8. The van der Waals surface area contributed by atoms with Crippen LogP contribution in [0.4, 0.5) is 0 Å². The highest BCUT2D eigenvalue weighted by Crippen LogP contribution is 2.38. The van der Waals surface area contributed by atoms with E-state index in [2.05, 4.69) is 38.2 Å². The fourth-order valence-electron chi connectivity index (χ4n) is 6.86. The van der Waals surface area contributed by atoms with Crippen LogP contribution in [-0.4, -0.2) is 70.0 Å². The lowest BCUT2D eigenvalue weighted by molar-refractivity contribution is -0.870. The second-order valence-corrected chi connectivity index (χ2v) is 19.2. The number of unbranched alkanes of at least 4 members (excludes halogenated alkanes) is 27. The van der Waals surface area contributed by atoms with Crippen molar-refractivity contribution in [3.63, 3.8) is 0 Å². The lowest BCUT2D eigenvalue weighted by Crippen LogP contribution is -2.37. The highest BCUT2D eigenvalue weighted by molar-refractivity contribution is 7.45. The van der Waals surface area contributed by atoms with Crippen molar-refractivity contribution in [3.05, 3.63) is 24.3 Å². The van der Waals surface area contributed by atoms with Gasteiger partial charge in [0.25, 0.3) is 7.82 Å². The molecule has 9 nitrogen and oxygen atoms in total. The summed E-state index contributed by atoms with van der Waals surface area (Å²) in [6.45, 7) is 4.23. The Labute approximate surface area is 364 Å². The van der Waals surface area contributed by atoms with Crippen molar-refractivity contribution in [2.45, 2.75) is 232 Å². The molecule has 0 heterocycles. The Balaban J connectivity index is 4.26. The molecular formula is C49H94NO8P. The summed E-state index contributed by atoms with van der Waals surface area (Å²) in [5, 5.41) is 0. The van der Waals surface area contributed by atoms with Gasteiger partial charge in [-0.3, -0.25) is 14.2 Å². The molecule has 0 fully saturated rings. The van der Waals surface area contributed by atoms with E-state index in [1.165, 1.54) is 154 Å². The number of allylic oxidation sites excluding steroid dienone is 4. The average molecular weight is 856 g/mol. The second kappa shape index (κ2) is 41.8. The predicted molar refractivity (Wildman–Crippen MR) is 245 cm³/mol. The first kappa shape index (κ1) is 57.5. The molecule has 0 spiro atoms. The zero-order valence-electron chi connectivity index (χ0n) is 39.2. The first-order chi connectivity index (χ1) is 28.5. The van der Waals surface area contributed by atoms with Gasteiger partial charge in [-0.2, -0.15) is 0 Å². The van der Waals surface area contributed by atoms with E-state index in [1.807, 2.05) is 21.1 Å². The van der Waals surface area contributed by atoms with Crippen LogP contribution in [0.25, 0.3) is 0 Å². The van der Waals surface area contributed by atoms with Crippen LogP contribution in [0.1, 0.15) is 226 Å². The van der Waals surface area contributed by atoms with Gasteiger partial charge in [0.2, 0.25) is 0 Å². The molecule has 0 aliphatic heterocycles. The molecule has 0 aliphatic rings. The van der Waals surface area contributed by atoms with E-state index < -0.39 is 26.5 Å². The van der Waals surface area contributed by atoms with Crippen LogP contribution in [0.15, 0.2) is 24.3 Å². The van der Waals surface area contributed by atoms with Crippen LogP contribution in [0.5, 0.6) is 0 Å². The predicted octanol–water partition coefficient (Wildman–Crippen LogP) is 13.7. The molecular weight excluding hydrogens is 762 g/mol. The number of carbonyl (C=O) groups is 2. The van der Waals surface area contributed by atoms with Crippen LogP contribution in [0, 0.1) is 0 Å². The average Bonchev–Trinajstić information content (AvgIpc) is 3.19. The van der Waals surface area contributed by atoms with E-state index in [1.54, 1.807) is 0 Å². The van der Waals surface area contributed by atoms with Crippen molar-refractivity contribution in [1.82, 2.24) is 0 Å². The summed E-state index contributed by atoms with van der Waals surface area (Å²) in [5.74, 6) is -0.828. The molecule has 0 aromatic carbocycles. The van der Waals surface area contributed by atoms with Gasteiger partial charge in [-0.15, -0.1) is 0 Å². The number of phosphoric acid groups is 1. The maximum absolute atomic E-state index is 12.7. The number of rotatable bonds is 45. The summed E-state index contributed by atoms with van der Waals surface area (Å²) in [6.07, 6.45) is 46.2. The molecule has 0 aromatic heterocycles. The molecule has 1 unspecified atom stereocenters. The minimum absolute atomic E-state index is 0.0292. The van der Waals surface area contributed by atoms with Crippen molar-refractivity contribution in [2.75, 3.05) is 47.5 Å². The third-order valence-electron chi connectivity index (χ3n) is 10.7. The van der Waals surface area contributed by atoms with Crippen molar-refractivity contribution < 1.29 is 42.1 Å². The zero-order valence-corrected chi connectivity index (χ0v) is 40.1. The van der Waals surface area contributed by atoms with Crippen LogP contribution in [0.2, 0.25) is 0 Å². The lowest BCUT2D eigenvalue weighted by Gasteiger charge is -2.28. The summed E-state index contributed by atoms with van der Waals surface area (Å²) in [5.41, 5.74) is 0. The normalized spacial score (nSPS) is 13.7. The Bertz CT molecular complexity index is 1060. The molecule has 59 heavy (non-hydrogen) atoms. The number of carbonyl (C=O) groups excluding carboxylic acids is 2. The van der Waals surface area contributed by atoms with Crippen LogP contribution in [-0.2, 0) is 32.7 Å². The van der Waals surface area contributed by atoms with Crippen molar-refractivity contribution in [2.24, 2.45) is 0 Å². The SMILES string of the molecule is CCCCC/C=C/C/C=C/CCCCCCCCCCCC(=O)OC[C@H](COP(=O)([O-])OCC[N+](C)(C)C)OC(=O)CCCCCCCCCCCCCCCCCC. The number of likely N-dealkylation sites (N-methyl/N-ethyl adjacent to an activating group) is 1. The molecule has 0 saturated carbocycles. The first-order valence-electron chi connectivity index (χ1n) is 24.5. The summed E-state index contributed by atoms with van der Waals surface area (Å²) in [7, 11) is 1.17. The fourth-order valence-corrected chi connectivity index (χ4v) is 7.59. The van der Waals surface area contributed by atoms with E-state index >= 15 is 0 Å². The monoisotopic (exact) mass is 856 g/mol. The number of nitrogens with zero attached hydrogens (tertiary/aromatic N) is 1. The third-order valence-corrected chi connectivity index (χ3v) is 11.7. The zero-order chi connectivity index (χ0) is 43.6.